The fourth-order valence-corrected chi connectivity index (χ4v) is 2.41. The summed E-state index contributed by atoms with van der Waals surface area (Å²) < 4.78 is 24.4. The molecule has 0 aliphatic heterocycles. The molecule has 0 saturated carbocycles. The number of hydrazine groups is 1. The van der Waals surface area contributed by atoms with Crippen molar-refractivity contribution in [1.29, 1.82) is 0 Å². The normalized spacial score (nSPS) is 12.5. The summed E-state index contributed by atoms with van der Waals surface area (Å²) in [6.45, 7) is 0. The van der Waals surface area contributed by atoms with Crippen LogP contribution in [0.15, 0.2) is 52.9 Å². The fraction of sp³-hybridized carbons (Fsp3) is 0.125. The summed E-state index contributed by atoms with van der Waals surface area (Å²) >= 11 is 0. The second-order valence-corrected chi connectivity index (χ2v) is 4.67. The van der Waals surface area contributed by atoms with Crippen LogP contribution in [0, 0.1) is 5.82 Å². The Morgan fingerprint density at radius 2 is 2.00 bits per heavy atom. The van der Waals surface area contributed by atoms with Gasteiger partial charge in [0, 0.05) is 10.9 Å². The number of benzene rings is 2. The first-order valence-corrected chi connectivity index (χ1v) is 6.51. The highest BCUT2D eigenvalue weighted by Crippen LogP contribution is 2.32. The highest BCUT2D eigenvalue weighted by atomic mass is 19.1. The minimum Gasteiger partial charge on any atom is -0.496 e. The van der Waals surface area contributed by atoms with Crippen molar-refractivity contribution in [2.75, 3.05) is 7.11 Å². The molecule has 1 aromatic heterocycles. The van der Waals surface area contributed by atoms with Crippen LogP contribution in [0.4, 0.5) is 4.39 Å². The number of nitrogens with one attached hydrogen (secondary N) is 1. The molecule has 0 fully saturated rings. The van der Waals surface area contributed by atoms with Gasteiger partial charge in [-0.1, -0.05) is 18.2 Å². The molecule has 2 aromatic carbocycles. The minimum absolute atomic E-state index is 0.301. The molecule has 1 heterocycles. The second-order valence-electron chi connectivity index (χ2n) is 4.67. The van der Waals surface area contributed by atoms with Crippen molar-refractivity contribution in [2.24, 2.45) is 5.84 Å². The molecule has 5 heteroatoms. The van der Waals surface area contributed by atoms with Gasteiger partial charge in [-0.15, -0.1) is 0 Å². The van der Waals surface area contributed by atoms with Crippen molar-refractivity contribution in [3.63, 3.8) is 0 Å². The lowest BCUT2D eigenvalue weighted by Gasteiger charge is -2.16. The van der Waals surface area contributed by atoms with E-state index in [1.165, 1.54) is 12.1 Å². The summed E-state index contributed by atoms with van der Waals surface area (Å²) in [4.78, 5) is 0. The van der Waals surface area contributed by atoms with Gasteiger partial charge in [-0.05, 0) is 30.3 Å². The van der Waals surface area contributed by atoms with Gasteiger partial charge >= 0.3 is 0 Å². The predicted octanol–water partition coefficient (Wildman–Crippen LogP) is 3.13. The number of para-hydroxylation sites is 1. The number of fused-ring (bicyclic) bond motifs is 1. The molecule has 0 bridgehead atoms. The van der Waals surface area contributed by atoms with E-state index in [0.29, 0.717) is 22.5 Å². The van der Waals surface area contributed by atoms with Gasteiger partial charge < -0.3 is 9.15 Å². The van der Waals surface area contributed by atoms with Gasteiger partial charge in [-0.2, -0.15) is 0 Å². The highest BCUT2D eigenvalue weighted by molar-refractivity contribution is 5.78. The van der Waals surface area contributed by atoms with E-state index in [0.717, 1.165) is 5.56 Å². The standard InChI is InChI=1S/C16H15FN2O2/c1-20-14-5-3-2-4-12(14)16(19-18)15-9-10-8-11(17)6-7-13(10)21-15/h2-9,16,19H,18H2,1H3. The molecule has 0 aliphatic carbocycles. The molecule has 0 spiro atoms. The fourth-order valence-electron chi connectivity index (χ4n) is 2.41. The zero-order chi connectivity index (χ0) is 14.8. The molecule has 0 amide bonds. The van der Waals surface area contributed by atoms with Crippen LogP contribution < -0.4 is 16.0 Å². The van der Waals surface area contributed by atoms with E-state index in [1.807, 2.05) is 24.3 Å². The molecule has 4 nitrogen and oxygen atoms in total. The van der Waals surface area contributed by atoms with Gasteiger partial charge in [0.2, 0.25) is 0 Å². The quantitative estimate of drug-likeness (QED) is 0.571. The third kappa shape index (κ3) is 2.49. The Morgan fingerprint density at radius 1 is 1.19 bits per heavy atom. The van der Waals surface area contributed by atoms with Crippen molar-refractivity contribution in [3.8, 4) is 5.75 Å². The Bertz CT molecular complexity index is 770. The Morgan fingerprint density at radius 3 is 2.76 bits per heavy atom. The van der Waals surface area contributed by atoms with E-state index in [2.05, 4.69) is 5.43 Å². The number of rotatable bonds is 4. The number of methoxy groups -OCH3 is 1. The molecule has 1 atom stereocenters. The number of hydrogen-bond acceptors (Lipinski definition) is 4. The maximum atomic E-state index is 13.3. The SMILES string of the molecule is COc1ccccc1C(NN)c1cc2cc(F)ccc2o1. The first-order chi connectivity index (χ1) is 10.2. The van der Waals surface area contributed by atoms with Crippen molar-refractivity contribution in [2.45, 2.75) is 6.04 Å². The van der Waals surface area contributed by atoms with E-state index < -0.39 is 0 Å². The highest BCUT2D eigenvalue weighted by Gasteiger charge is 2.20. The van der Waals surface area contributed by atoms with Crippen LogP contribution >= 0.6 is 0 Å². The molecule has 0 saturated heterocycles. The maximum Gasteiger partial charge on any atom is 0.134 e. The smallest absolute Gasteiger partial charge is 0.134 e. The molecule has 0 aliphatic rings. The number of halogens is 1. The first-order valence-electron chi connectivity index (χ1n) is 6.51. The molecule has 1 unspecified atom stereocenters. The van der Waals surface area contributed by atoms with Crippen molar-refractivity contribution < 1.29 is 13.5 Å². The summed E-state index contributed by atoms with van der Waals surface area (Å²) in [5.41, 5.74) is 4.18. The molecular formula is C16H15FN2O2. The van der Waals surface area contributed by atoms with E-state index in [9.17, 15) is 4.39 Å². The Hall–Kier alpha value is -2.37. The van der Waals surface area contributed by atoms with Crippen LogP contribution in [-0.4, -0.2) is 7.11 Å². The molecule has 0 radical (unpaired) electrons. The van der Waals surface area contributed by atoms with Gasteiger partial charge in [0.1, 0.15) is 29.0 Å². The molecule has 108 valence electrons. The number of furan rings is 1. The van der Waals surface area contributed by atoms with Crippen LogP contribution in [0.1, 0.15) is 17.4 Å². The summed E-state index contributed by atoms with van der Waals surface area (Å²) in [5.74, 6) is 6.67. The van der Waals surface area contributed by atoms with Gasteiger partial charge in [-0.3, -0.25) is 5.84 Å². The summed E-state index contributed by atoms with van der Waals surface area (Å²) in [7, 11) is 1.60. The number of ether oxygens (including phenoxy) is 1. The molecular weight excluding hydrogens is 271 g/mol. The number of nitrogens with two attached hydrogens (primary N) is 1. The van der Waals surface area contributed by atoms with Crippen molar-refractivity contribution in [1.82, 2.24) is 5.43 Å². The van der Waals surface area contributed by atoms with Crippen LogP contribution in [0.3, 0.4) is 0 Å². The molecule has 3 rings (SSSR count). The van der Waals surface area contributed by atoms with Crippen LogP contribution in [-0.2, 0) is 0 Å². The third-order valence-electron chi connectivity index (χ3n) is 3.40. The summed E-state index contributed by atoms with van der Waals surface area (Å²) in [6.07, 6.45) is 0. The third-order valence-corrected chi connectivity index (χ3v) is 3.40. The lowest BCUT2D eigenvalue weighted by molar-refractivity contribution is 0.396. The van der Waals surface area contributed by atoms with E-state index in [1.54, 1.807) is 19.2 Å². The van der Waals surface area contributed by atoms with Gasteiger partial charge in [0.05, 0.1) is 7.11 Å². The Balaban J connectivity index is 2.09. The monoisotopic (exact) mass is 286 g/mol. The summed E-state index contributed by atoms with van der Waals surface area (Å²) in [5, 5.41) is 0.695. The van der Waals surface area contributed by atoms with Gasteiger partial charge in [0.25, 0.3) is 0 Å². The minimum atomic E-state index is -0.378. The zero-order valence-electron chi connectivity index (χ0n) is 11.5. The maximum absolute atomic E-state index is 13.3. The number of hydrogen-bond donors (Lipinski definition) is 2. The van der Waals surface area contributed by atoms with E-state index in [4.69, 9.17) is 15.0 Å². The van der Waals surface area contributed by atoms with Crippen molar-refractivity contribution in [3.05, 3.63) is 65.7 Å². The van der Waals surface area contributed by atoms with Crippen molar-refractivity contribution >= 4 is 11.0 Å². The largest absolute Gasteiger partial charge is 0.496 e. The lowest BCUT2D eigenvalue weighted by atomic mass is 10.0. The van der Waals surface area contributed by atoms with Crippen LogP contribution in [0.2, 0.25) is 0 Å². The zero-order valence-corrected chi connectivity index (χ0v) is 11.5. The first kappa shape index (κ1) is 13.6. The molecule has 3 N–H and O–H groups in total. The summed E-state index contributed by atoms with van der Waals surface area (Å²) in [6, 6.07) is 13.3. The van der Waals surface area contributed by atoms with Gasteiger partial charge in [0.15, 0.2) is 0 Å². The van der Waals surface area contributed by atoms with Crippen LogP contribution in [0.25, 0.3) is 11.0 Å². The van der Waals surface area contributed by atoms with E-state index >= 15 is 0 Å². The van der Waals surface area contributed by atoms with E-state index in [-0.39, 0.29) is 11.9 Å². The Labute approximate surface area is 121 Å². The van der Waals surface area contributed by atoms with Gasteiger partial charge in [-0.25, -0.2) is 9.82 Å². The average molecular weight is 286 g/mol. The van der Waals surface area contributed by atoms with Crippen LogP contribution in [0.5, 0.6) is 5.75 Å². The lowest BCUT2D eigenvalue weighted by Crippen LogP contribution is -2.28. The molecule has 21 heavy (non-hydrogen) atoms. The topological polar surface area (TPSA) is 60.4 Å². The Kier molecular flexibility index (Phi) is 3.60. The predicted molar refractivity (Wildman–Crippen MR) is 78.3 cm³/mol. The average Bonchev–Trinajstić information content (AvgIpc) is 2.91. The second kappa shape index (κ2) is 5.55. The molecule has 3 aromatic rings.